The van der Waals surface area contributed by atoms with Gasteiger partial charge in [0.2, 0.25) is 0 Å². The second-order valence-corrected chi connectivity index (χ2v) is 7.01. The molecule has 13 heteroatoms. The molecule has 0 radical (unpaired) electrons. The fraction of sp³-hybridized carbons (Fsp3) is 0.375. The number of aliphatic carboxylic acids is 1. The molecule has 0 saturated heterocycles. The number of imidazole rings is 1. The smallest absolute Gasteiger partial charge is 0.475 e. The number of carbonyl (C=O) groups is 2. The lowest BCUT2D eigenvalue weighted by Crippen LogP contribution is -2.21. The fourth-order valence-electron chi connectivity index (χ4n) is 2.36. The van der Waals surface area contributed by atoms with Gasteiger partial charge in [-0.15, -0.1) is 11.3 Å². The molecule has 0 bridgehead atoms. The van der Waals surface area contributed by atoms with Crippen LogP contribution in [-0.4, -0.2) is 48.9 Å². The number of nitrogens with one attached hydrogen (secondary N) is 1. The van der Waals surface area contributed by atoms with Crippen molar-refractivity contribution in [2.24, 2.45) is 5.73 Å². The lowest BCUT2D eigenvalue weighted by molar-refractivity contribution is -0.192. The van der Waals surface area contributed by atoms with E-state index in [-0.39, 0.29) is 5.91 Å². The van der Waals surface area contributed by atoms with Crippen molar-refractivity contribution in [2.75, 3.05) is 11.9 Å². The van der Waals surface area contributed by atoms with Crippen LogP contribution in [0.2, 0.25) is 0 Å². The third-order valence-electron chi connectivity index (χ3n) is 3.56. The molecule has 0 aliphatic carbocycles. The van der Waals surface area contributed by atoms with Crippen LogP contribution in [0.4, 0.5) is 18.9 Å². The van der Waals surface area contributed by atoms with Crippen molar-refractivity contribution >= 4 is 33.9 Å². The van der Waals surface area contributed by atoms with Gasteiger partial charge >= 0.3 is 12.1 Å². The summed E-state index contributed by atoms with van der Waals surface area (Å²) in [4.78, 5) is 28.0. The quantitative estimate of drug-likeness (QED) is 0.568. The molecule has 0 unspecified atom stereocenters. The maximum absolute atomic E-state index is 12.6. The summed E-state index contributed by atoms with van der Waals surface area (Å²) in [6, 6.07) is 0. The number of anilines is 1. The Balaban J connectivity index is 0.000000370. The molecule has 0 atom stereocenters. The molecular formula is C16H19F3N6O3S. The van der Waals surface area contributed by atoms with Crippen LogP contribution in [0.5, 0.6) is 0 Å². The Hall–Kier alpha value is -2.93. The number of carboxylic acid groups (broad SMARTS) is 1. The van der Waals surface area contributed by atoms with Crippen molar-refractivity contribution in [3.05, 3.63) is 34.9 Å². The first-order valence-electron chi connectivity index (χ1n) is 8.38. The summed E-state index contributed by atoms with van der Waals surface area (Å²) in [5, 5.41) is 14.2. The predicted octanol–water partition coefficient (Wildman–Crippen LogP) is 2.31. The van der Waals surface area contributed by atoms with Crippen LogP contribution in [0.15, 0.2) is 18.6 Å². The molecule has 29 heavy (non-hydrogen) atoms. The van der Waals surface area contributed by atoms with Crippen LogP contribution in [-0.2, 0) is 17.8 Å². The third kappa shape index (κ3) is 5.54. The van der Waals surface area contributed by atoms with E-state index in [0.29, 0.717) is 30.9 Å². The number of alkyl halides is 3. The molecule has 0 saturated carbocycles. The molecule has 3 rings (SSSR count). The normalized spacial score (nSPS) is 11.2. The standard InChI is InChI=1S/C14H18N6OS.C2HF3O2/c1-3-11-12(20-7-9(2)22-14(20)18-11)13(21)17-10-6-16-19(8-10)5-4-15;3-2(4,5)1(6)7/h6-8H,3-5,15H2,1-2H3,(H,17,21);(H,6,7). The number of nitrogens with zero attached hydrogens (tertiary/aromatic N) is 4. The van der Waals surface area contributed by atoms with E-state index in [2.05, 4.69) is 15.4 Å². The van der Waals surface area contributed by atoms with Gasteiger partial charge in [0.05, 0.1) is 24.1 Å². The van der Waals surface area contributed by atoms with Crippen LogP contribution in [0, 0.1) is 6.92 Å². The molecule has 3 aromatic rings. The summed E-state index contributed by atoms with van der Waals surface area (Å²) >= 11 is 1.58. The first kappa shape index (κ1) is 22.4. The summed E-state index contributed by atoms with van der Waals surface area (Å²) in [5.74, 6) is -2.93. The van der Waals surface area contributed by atoms with Crippen LogP contribution < -0.4 is 11.1 Å². The van der Waals surface area contributed by atoms with E-state index in [9.17, 15) is 18.0 Å². The lowest BCUT2D eigenvalue weighted by atomic mass is 10.2. The Morgan fingerprint density at radius 1 is 1.34 bits per heavy atom. The molecule has 9 nitrogen and oxygen atoms in total. The third-order valence-corrected chi connectivity index (χ3v) is 4.45. The molecule has 0 spiro atoms. The zero-order valence-corrected chi connectivity index (χ0v) is 16.3. The molecule has 0 aliphatic heterocycles. The number of hydrogen-bond donors (Lipinski definition) is 3. The molecule has 3 aromatic heterocycles. The zero-order chi connectivity index (χ0) is 21.8. The Morgan fingerprint density at radius 2 is 2.00 bits per heavy atom. The van der Waals surface area contributed by atoms with E-state index in [0.717, 1.165) is 15.5 Å². The van der Waals surface area contributed by atoms with Gasteiger partial charge in [-0.1, -0.05) is 6.92 Å². The number of aryl methyl sites for hydroxylation is 2. The maximum Gasteiger partial charge on any atom is 0.490 e. The van der Waals surface area contributed by atoms with Crippen molar-refractivity contribution in [1.82, 2.24) is 19.2 Å². The van der Waals surface area contributed by atoms with Gasteiger partial charge in [-0.05, 0) is 13.3 Å². The van der Waals surface area contributed by atoms with E-state index in [1.165, 1.54) is 0 Å². The van der Waals surface area contributed by atoms with Crippen molar-refractivity contribution in [1.29, 1.82) is 0 Å². The highest BCUT2D eigenvalue weighted by Crippen LogP contribution is 2.22. The van der Waals surface area contributed by atoms with Crippen molar-refractivity contribution < 1.29 is 27.9 Å². The predicted molar refractivity (Wildman–Crippen MR) is 100 cm³/mol. The first-order valence-corrected chi connectivity index (χ1v) is 9.19. The van der Waals surface area contributed by atoms with E-state index in [1.54, 1.807) is 28.4 Å². The van der Waals surface area contributed by atoms with Crippen LogP contribution in [0.3, 0.4) is 0 Å². The number of rotatable bonds is 5. The zero-order valence-electron chi connectivity index (χ0n) is 15.5. The van der Waals surface area contributed by atoms with Gasteiger partial charge in [0.25, 0.3) is 5.91 Å². The summed E-state index contributed by atoms with van der Waals surface area (Å²) < 4.78 is 35.3. The van der Waals surface area contributed by atoms with E-state index < -0.39 is 12.1 Å². The Labute approximate surface area is 167 Å². The molecule has 4 N–H and O–H groups in total. The number of nitrogens with two attached hydrogens (primary N) is 1. The molecule has 0 aromatic carbocycles. The van der Waals surface area contributed by atoms with Crippen LogP contribution in [0.1, 0.15) is 28.0 Å². The largest absolute Gasteiger partial charge is 0.490 e. The van der Waals surface area contributed by atoms with Gasteiger partial charge < -0.3 is 16.2 Å². The van der Waals surface area contributed by atoms with Gasteiger partial charge in [0.1, 0.15) is 5.69 Å². The van der Waals surface area contributed by atoms with Gasteiger partial charge in [0, 0.05) is 23.8 Å². The number of carbonyl (C=O) groups excluding carboxylic acids is 1. The summed E-state index contributed by atoms with van der Waals surface area (Å²) in [7, 11) is 0. The molecule has 158 valence electrons. The number of aromatic nitrogens is 4. The highest BCUT2D eigenvalue weighted by molar-refractivity contribution is 7.17. The minimum absolute atomic E-state index is 0.172. The molecule has 0 aliphatic rings. The van der Waals surface area contributed by atoms with Gasteiger partial charge in [-0.3, -0.25) is 13.9 Å². The van der Waals surface area contributed by atoms with Crippen molar-refractivity contribution in [3.8, 4) is 0 Å². The number of carboxylic acids is 1. The Kier molecular flexibility index (Phi) is 6.97. The average molecular weight is 432 g/mol. The summed E-state index contributed by atoms with van der Waals surface area (Å²) in [5.41, 5.74) is 7.54. The Morgan fingerprint density at radius 3 is 2.55 bits per heavy atom. The van der Waals surface area contributed by atoms with Crippen LogP contribution >= 0.6 is 11.3 Å². The van der Waals surface area contributed by atoms with E-state index in [1.807, 2.05) is 24.4 Å². The second-order valence-electron chi connectivity index (χ2n) is 5.79. The topological polar surface area (TPSA) is 128 Å². The van der Waals surface area contributed by atoms with Crippen molar-refractivity contribution in [3.63, 3.8) is 0 Å². The van der Waals surface area contributed by atoms with E-state index in [4.69, 9.17) is 15.6 Å². The minimum Gasteiger partial charge on any atom is -0.475 e. The van der Waals surface area contributed by atoms with Gasteiger partial charge in [-0.25, -0.2) is 9.78 Å². The first-order chi connectivity index (χ1) is 13.6. The van der Waals surface area contributed by atoms with Gasteiger partial charge in [-0.2, -0.15) is 18.3 Å². The molecular weight excluding hydrogens is 413 g/mol. The van der Waals surface area contributed by atoms with Crippen LogP contribution in [0.25, 0.3) is 4.96 Å². The SMILES string of the molecule is CCc1nc2sc(C)cn2c1C(=O)Nc1cnn(CCN)c1.O=C(O)C(F)(F)F. The monoisotopic (exact) mass is 432 g/mol. The maximum atomic E-state index is 12.6. The minimum atomic E-state index is -5.08. The second kappa shape index (κ2) is 9.05. The Bertz CT molecular complexity index is 1010. The molecule has 0 fully saturated rings. The number of hydrogen-bond acceptors (Lipinski definition) is 6. The molecule has 1 amide bonds. The summed E-state index contributed by atoms with van der Waals surface area (Å²) in [6.45, 7) is 5.13. The molecule has 3 heterocycles. The van der Waals surface area contributed by atoms with Crippen molar-refractivity contribution in [2.45, 2.75) is 33.0 Å². The highest BCUT2D eigenvalue weighted by Gasteiger charge is 2.38. The number of fused-ring (bicyclic) bond motifs is 1. The number of amides is 1. The van der Waals surface area contributed by atoms with Gasteiger partial charge in [0.15, 0.2) is 4.96 Å². The lowest BCUT2D eigenvalue weighted by Gasteiger charge is -2.03. The number of halogens is 3. The number of thiazole rings is 1. The fourth-order valence-corrected chi connectivity index (χ4v) is 3.21. The summed E-state index contributed by atoms with van der Waals surface area (Å²) in [6.07, 6.45) is 0.964. The average Bonchev–Trinajstić information content (AvgIpc) is 3.28. The van der Waals surface area contributed by atoms with E-state index >= 15 is 0 Å². The highest BCUT2D eigenvalue weighted by atomic mass is 32.1.